The zero-order valence-electron chi connectivity index (χ0n) is 9.52. The van der Waals surface area contributed by atoms with Gasteiger partial charge in [-0.15, -0.1) is 0 Å². The van der Waals surface area contributed by atoms with Crippen molar-refractivity contribution < 1.29 is 15.1 Å². The molecule has 18 heavy (non-hydrogen) atoms. The molecule has 0 aliphatic carbocycles. The smallest absolute Gasteiger partial charge is 0.293 e. The van der Waals surface area contributed by atoms with Crippen molar-refractivity contribution in [2.24, 2.45) is 0 Å². The molecule has 4 N–H and O–H groups in total. The maximum Gasteiger partial charge on any atom is 0.293 e. The minimum absolute atomic E-state index is 0.0767. The van der Waals surface area contributed by atoms with Crippen molar-refractivity contribution in [1.29, 1.82) is 0 Å². The van der Waals surface area contributed by atoms with Crippen LogP contribution in [0.2, 0.25) is 5.02 Å². The summed E-state index contributed by atoms with van der Waals surface area (Å²) in [5.74, 6) is 0. The molecule has 0 spiro atoms. The van der Waals surface area contributed by atoms with E-state index < -0.39 is 4.92 Å². The van der Waals surface area contributed by atoms with E-state index in [2.05, 4.69) is 10.6 Å². The van der Waals surface area contributed by atoms with E-state index >= 15 is 0 Å². The fourth-order valence-corrected chi connectivity index (χ4v) is 1.60. The van der Waals surface area contributed by atoms with Crippen molar-refractivity contribution in [3.8, 4) is 0 Å². The van der Waals surface area contributed by atoms with Gasteiger partial charge in [0.2, 0.25) is 0 Å². The van der Waals surface area contributed by atoms with E-state index in [4.69, 9.17) is 21.8 Å². The van der Waals surface area contributed by atoms with Gasteiger partial charge in [0.1, 0.15) is 5.69 Å². The topological polar surface area (TPSA) is 108 Å². The summed E-state index contributed by atoms with van der Waals surface area (Å²) in [5, 5.41) is 34.0. The van der Waals surface area contributed by atoms with E-state index in [0.29, 0.717) is 5.69 Å². The Morgan fingerprint density at radius 1 is 1.17 bits per heavy atom. The molecule has 0 saturated heterocycles. The molecule has 1 rings (SSSR count). The normalized spacial score (nSPS) is 10.2. The predicted molar refractivity (Wildman–Crippen MR) is 69.3 cm³/mol. The van der Waals surface area contributed by atoms with Crippen LogP contribution in [-0.2, 0) is 0 Å². The van der Waals surface area contributed by atoms with Crippen LogP contribution in [0.5, 0.6) is 0 Å². The number of nitrogens with zero attached hydrogens (tertiary/aromatic N) is 1. The van der Waals surface area contributed by atoms with E-state index in [1.54, 1.807) is 0 Å². The molecule has 0 aliphatic heterocycles. The molecule has 0 fully saturated rings. The Kier molecular flexibility index (Phi) is 5.63. The van der Waals surface area contributed by atoms with Crippen LogP contribution in [-0.4, -0.2) is 41.4 Å². The number of nitrogens with one attached hydrogen (secondary N) is 2. The van der Waals surface area contributed by atoms with Gasteiger partial charge < -0.3 is 20.8 Å². The van der Waals surface area contributed by atoms with Gasteiger partial charge >= 0.3 is 0 Å². The monoisotopic (exact) mass is 275 g/mol. The summed E-state index contributed by atoms with van der Waals surface area (Å²) in [4.78, 5) is 10.3. The number of anilines is 2. The highest BCUT2D eigenvalue weighted by Crippen LogP contribution is 2.34. The fourth-order valence-electron chi connectivity index (χ4n) is 1.37. The van der Waals surface area contributed by atoms with Gasteiger partial charge in [0.05, 0.1) is 28.8 Å². The Hall–Kier alpha value is -1.57. The molecular weight excluding hydrogens is 262 g/mol. The number of hydrogen-bond donors (Lipinski definition) is 4. The number of aliphatic hydroxyl groups excluding tert-OH is 2. The SMILES string of the molecule is O=[N+]([O-])c1cc(Cl)c(NCCO)cc1NCCO. The Labute approximate surface area is 109 Å². The Morgan fingerprint density at radius 2 is 1.72 bits per heavy atom. The highest BCUT2D eigenvalue weighted by molar-refractivity contribution is 6.33. The lowest BCUT2D eigenvalue weighted by Crippen LogP contribution is -2.10. The molecule has 0 aliphatic rings. The second-order valence-corrected chi connectivity index (χ2v) is 3.81. The Balaban J connectivity index is 3.05. The highest BCUT2D eigenvalue weighted by Gasteiger charge is 2.17. The highest BCUT2D eigenvalue weighted by atomic mass is 35.5. The summed E-state index contributed by atoms with van der Waals surface area (Å²) < 4.78 is 0. The maximum atomic E-state index is 10.8. The van der Waals surface area contributed by atoms with Crippen LogP contribution in [0.1, 0.15) is 0 Å². The lowest BCUT2D eigenvalue weighted by atomic mass is 10.2. The van der Waals surface area contributed by atoms with Crippen molar-refractivity contribution in [2.75, 3.05) is 36.9 Å². The van der Waals surface area contributed by atoms with Crippen LogP contribution in [0.25, 0.3) is 0 Å². The second kappa shape index (κ2) is 7.00. The summed E-state index contributed by atoms with van der Waals surface area (Å²) in [7, 11) is 0. The first-order valence-corrected chi connectivity index (χ1v) is 5.65. The molecule has 0 radical (unpaired) electrons. The molecule has 0 atom stereocenters. The number of rotatable bonds is 7. The van der Waals surface area contributed by atoms with E-state index in [1.807, 2.05) is 0 Å². The molecule has 100 valence electrons. The minimum atomic E-state index is -0.554. The quantitative estimate of drug-likeness (QED) is 0.438. The third-order valence-corrected chi connectivity index (χ3v) is 2.45. The predicted octanol–water partition coefficient (Wildman–Crippen LogP) is 1.06. The van der Waals surface area contributed by atoms with Gasteiger partial charge in [-0.2, -0.15) is 0 Å². The van der Waals surface area contributed by atoms with Crippen molar-refractivity contribution in [3.05, 3.63) is 27.3 Å². The molecule has 0 amide bonds. The first-order chi connectivity index (χ1) is 8.60. The van der Waals surface area contributed by atoms with Crippen LogP contribution in [0, 0.1) is 10.1 Å². The summed E-state index contributed by atoms with van der Waals surface area (Å²) in [6.45, 7) is 0.269. The average Bonchev–Trinajstić information content (AvgIpc) is 2.35. The molecule has 7 nitrogen and oxygen atoms in total. The van der Waals surface area contributed by atoms with Crippen LogP contribution in [0.15, 0.2) is 12.1 Å². The summed E-state index contributed by atoms with van der Waals surface area (Å²) in [5.41, 5.74) is 0.582. The van der Waals surface area contributed by atoms with Crippen molar-refractivity contribution in [2.45, 2.75) is 0 Å². The summed E-state index contributed by atoms with van der Waals surface area (Å²) in [6.07, 6.45) is 0. The number of hydrogen-bond acceptors (Lipinski definition) is 6. The van der Waals surface area contributed by atoms with E-state index in [0.717, 1.165) is 0 Å². The van der Waals surface area contributed by atoms with Crippen molar-refractivity contribution in [1.82, 2.24) is 0 Å². The number of halogens is 1. The zero-order valence-corrected chi connectivity index (χ0v) is 10.3. The van der Waals surface area contributed by atoms with Gasteiger partial charge in [-0.25, -0.2) is 0 Å². The van der Waals surface area contributed by atoms with Crippen molar-refractivity contribution in [3.63, 3.8) is 0 Å². The summed E-state index contributed by atoms with van der Waals surface area (Å²) >= 11 is 5.89. The molecule has 0 heterocycles. The third-order valence-electron chi connectivity index (χ3n) is 2.14. The number of benzene rings is 1. The van der Waals surface area contributed by atoms with Crippen molar-refractivity contribution >= 4 is 28.7 Å². The molecule has 1 aromatic rings. The maximum absolute atomic E-state index is 10.8. The number of nitro benzene ring substituents is 1. The number of nitro groups is 1. The molecule has 0 saturated carbocycles. The van der Waals surface area contributed by atoms with Gasteiger partial charge in [-0.3, -0.25) is 10.1 Å². The largest absolute Gasteiger partial charge is 0.395 e. The molecule has 0 bridgehead atoms. The second-order valence-electron chi connectivity index (χ2n) is 3.41. The average molecular weight is 276 g/mol. The third kappa shape index (κ3) is 3.73. The standard InChI is InChI=1S/C10H14ClN3O4/c11-7-5-10(14(17)18)9(13-2-4-16)6-8(7)12-1-3-15/h5-6,12-13,15-16H,1-4H2. The van der Waals surface area contributed by atoms with Crippen LogP contribution in [0.4, 0.5) is 17.1 Å². The Bertz CT molecular complexity index is 428. The summed E-state index contributed by atoms with van der Waals surface area (Å²) in [6, 6.07) is 2.70. The van der Waals surface area contributed by atoms with Gasteiger partial charge in [0.25, 0.3) is 5.69 Å². The van der Waals surface area contributed by atoms with Crippen LogP contribution < -0.4 is 10.6 Å². The molecule has 8 heteroatoms. The van der Waals surface area contributed by atoms with Gasteiger partial charge in [0.15, 0.2) is 0 Å². The Morgan fingerprint density at radius 3 is 2.22 bits per heavy atom. The first kappa shape index (κ1) is 14.5. The van der Waals surface area contributed by atoms with Gasteiger partial charge in [-0.05, 0) is 6.07 Å². The van der Waals surface area contributed by atoms with Crippen LogP contribution in [0.3, 0.4) is 0 Å². The number of aliphatic hydroxyl groups is 2. The van der Waals surface area contributed by atoms with E-state index in [9.17, 15) is 10.1 Å². The fraction of sp³-hybridized carbons (Fsp3) is 0.400. The van der Waals surface area contributed by atoms with Gasteiger partial charge in [-0.1, -0.05) is 11.6 Å². The minimum Gasteiger partial charge on any atom is -0.395 e. The van der Waals surface area contributed by atoms with E-state index in [1.165, 1.54) is 12.1 Å². The molecule has 0 unspecified atom stereocenters. The van der Waals surface area contributed by atoms with Gasteiger partial charge in [0, 0.05) is 19.2 Å². The first-order valence-electron chi connectivity index (χ1n) is 5.27. The van der Waals surface area contributed by atoms with Crippen LogP contribution >= 0.6 is 11.6 Å². The molecule has 0 aromatic heterocycles. The lowest BCUT2D eigenvalue weighted by Gasteiger charge is -2.11. The zero-order chi connectivity index (χ0) is 13.5. The molecule has 1 aromatic carbocycles. The molecular formula is C10H14ClN3O4. The van der Waals surface area contributed by atoms with E-state index in [-0.39, 0.29) is 42.7 Å². The lowest BCUT2D eigenvalue weighted by molar-refractivity contribution is -0.383.